The number of phenols is 1. The molecule has 3 aliphatic rings. The van der Waals surface area contributed by atoms with Crippen molar-refractivity contribution in [1.29, 1.82) is 0 Å². The zero-order valence-electron chi connectivity index (χ0n) is 19.9. The second kappa shape index (κ2) is 10.9. The molecule has 0 bridgehead atoms. The molecular formula is C25H30O12. The number of carbonyl (C=O) groups is 2. The average molecular weight is 523 g/mol. The summed E-state index contributed by atoms with van der Waals surface area (Å²) in [5, 5.41) is 60.7. The van der Waals surface area contributed by atoms with E-state index in [0.717, 1.165) is 6.26 Å². The molecule has 1 saturated carbocycles. The monoisotopic (exact) mass is 522 g/mol. The second-order valence-electron chi connectivity index (χ2n) is 9.44. The highest BCUT2D eigenvalue weighted by Crippen LogP contribution is 2.50. The van der Waals surface area contributed by atoms with Gasteiger partial charge in [-0.05, 0) is 23.8 Å². The number of hydrogen-bond acceptors (Lipinski definition) is 12. The third-order valence-corrected chi connectivity index (χ3v) is 7.16. The van der Waals surface area contributed by atoms with Crippen LogP contribution in [0.3, 0.4) is 0 Å². The molecule has 6 N–H and O–H groups in total. The Kier molecular flexibility index (Phi) is 7.99. The number of aliphatic hydroxyl groups excluding tert-OH is 4. The van der Waals surface area contributed by atoms with E-state index in [2.05, 4.69) is 0 Å². The normalized spacial score (nSPS) is 39.5. The first-order chi connectivity index (χ1) is 17.6. The lowest BCUT2D eigenvalue weighted by Gasteiger charge is -2.44. The Balaban J connectivity index is 1.50. The maximum atomic E-state index is 12.5. The number of aliphatic hydroxyl groups is 5. The van der Waals surface area contributed by atoms with Crippen LogP contribution in [-0.2, 0) is 28.5 Å². The van der Waals surface area contributed by atoms with Crippen LogP contribution in [0.15, 0.2) is 42.2 Å². The molecule has 37 heavy (non-hydrogen) atoms. The van der Waals surface area contributed by atoms with Crippen molar-refractivity contribution in [2.24, 2.45) is 11.8 Å². The molecule has 0 amide bonds. The van der Waals surface area contributed by atoms with Crippen LogP contribution in [0.25, 0.3) is 6.08 Å². The SMILES string of the molecule is C[C@@H]1[C@H]2[C@H](O[C@@H]3O[C@@H](CO)[C@@H](O)[C@@H](O)[C@@H]3O)OC=C(C=O)[C@@]2(O)C[C@@H]1OC(=O)/C=C/c1ccc(O)cc1. The summed E-state index contributed by atoms with van der Waals surface area (Å²) in [6.07, 6.45) is -5.91. The van der Waals surface area contributed by atoms with E-state index in [0.29, 0.717) is 11.8 Å². The molecule has 202 valence electrons. The van der Waals surface area contributed by atoms with Gasteiger partial charge < -0.3 is 49.6 Å². The Morgan fingerprint density at radius 3 is 2.49 bits per heavy atom. The fraction of sp³-hybridized carbons (Fsp3) is 0.520. The fourth-order valence-corrected chi connectivity index (χ4v) is 5.05. The minimum atomic E-state index is -1.80. The number of ether oxygens (including phenoxy) is 4. The fourth-order valence-electron chi connectivity index (χ4n) is 5.05. The minimum Gasteiger partial charge on any atom is -0.508 e. The molecule has 12 nitrogen and oxygen atoms in total. The lowest BCUT2D eigenvalue weighted by Crippen LogP contribution is -2.61. The number of rotatable bonds is 7. The van der Waals surface area contributed by atoms with Gasteiger partial charge in [-0.25, -0.2) is 4.79 Å². The van der Waals surface area contributed by atoms with E-state index in [9.17, 15) is 40.2 Å². The summed E-state index contributed by atoms with van der Waals surface area (Å²) >= 11 is 0. The van der Waals surface area contributed by atoms with E-state index in [-0.39, 0.29) is 17.7 Å². The standard InChI is InChI=1S/C25H30O12/c1-12-16(35-18(29)7-4-13-2-5-15(28)6-3-13)8-25(33)14(9-26)11-34-23(19(12)25)37-24-22(32)21(31)20(30)17(10-27)36-24/h2-7,9,11-12,16-17,19-24,27-28,30-33H,8,10H2,1H3/b7-4+/t12-,16-,17-,19-,20+,21+,22-,23-,24-,25-/m0/s1. The van der Waals surface area contributed by atoms with Crippen LogP contribution in [0.5, 0.6) is 5.75 Å². The number of benzene rings is 1. The van der Waals surface area contributed by atoms with E-state index < -0.39 is 73.1 Å². The van der Waals surface area contributed by atoms with Crippen LogP contribution in [0.1, 0.15) is 18.9 Å². The summed E-state index contributed by atoms with van der Waals surface area (Å²) < 4.78 is 22.2. The third-order valence-electron chi connectivity index (χ3n) is 7.16. The maximum Gasteiger partial charge on any atom is 0.331 e. The van der Waals surface area contributed by atoms with Crippen LogP contribution in [0, 0.1) is 11.8 Å². The number of carbonyl (C=O) groups excluding carboxylic acids is 2. The minimum absolute atomic E-state index is 0.0806. The molecule has 10 atom stereocenters. The Morgan fingerprint density at radius 1 is 1.14 bits per heavy atom. The van der Waals surface area contributed by atoms with E-state index in [4.69, 9.17) is 18.9 Å². The highest BCUT2D eigenvalue weighted by molar-refractivity contribution is 5.87. The number of esters is 1. The van der Waals surface area contributed by atoms with E-state index in [1.54, 1.807) is 19.1 Å². The zero-order valence-corrected chi connectivity index (χ0v) is 19.9. The molecule has 1 aromatic carbocycles. The van der Waals surface area contributed by atoms with Crippen molar-refractivity contribution in [3.63, 3.8) is 0 Å². The van der Waals surface area contributed by atoms with E-state index >= 15 is 0 Å². The van der Waals surface area contributed by atoms with Crippen molar-refractivity contribution in [3.05, 3.63) is 47.7 Å². The molecule has 2 heterocycles. The molecule has 2 aliphatic heterocycles. The van der Waals surface area contributed by atoms with Gasteiger partial charge in [0.05, 0.1) is 24.4 Å². The molecular weight excluding hydrogens is 492 g/mol. The summed E-state index contributed by atoms with van der Waals surface area (Å²) in [6.45, 7) is 1.01. The van der Waals surface area contributed by atoms with Crippen LogP contribution in [0.2, 0.25) is 0 Å². The van der Waals surface area contributed by atoms with Crippen LogP contribution >= 0.6 is 0 Å². The largest absolute Gasteiger partial charge is 0.508 e. The predicted molar refractivity (Wildman–Crippen MR) is 123 cm³/mol. The Labute approximate surface area is 212 Å². The zero-order chi connectivity index (χ0) is 26.9. The summed E-state index contributed by atoms with van der Waals surface area (Å²) in [7, 11) is 0. The van der Waals surface area contributed by atoms with Crippen molar-refractivity contribution >= 4 is 18.3 Å². The van der Waals surface area contributed by atoms with Crippen molar-refractivity contribution in [3.8, 4) is 5.75 Å². The first-order valence-electron chi connectivity index (χ1n) is 11.8. The van der Waals surface area contributed by atoms with Gasteiger partial charge >= 0.3 is 5.97 Å². The molecule has 0 aromatic heterocycles. The molecule has 0 spiro atoms. The number of aldehydes is 1. The molecule has 0 unspecified atom stereocenters. The molecule has 0 radical (unpaired) electrons. The molecule has 1 aromatic rings. The van der Waals surface area contributed by atoms with Gasteiger partial charge in [-0.3, -0.25) is 4.79 Å². The van der Waals surface area contributed by atoms with Gasteiger partial charge in [0.15, 0.2) is 12.6 Å². The highest BCUT2D eigenvalue weighted by atomic mass is 16.8. The number of hydrogen-bond donors (Lipinski definition) is 6. The van der Waals surface area contributed by atoms with E-state index in [1.165, 1.54) is 24.3 Å². The van der Waals surface area contributed by atoms with Gasteiger partial charge in [-0.2, -0.15) is 0 Å². The van der Waals surface area contributed by atoms with Gasteiger partial charge in [0, 0.05) is 18.4 Å². The molecule has 12 heteroatoms. The van der Waals surface area contributed by atoms with Crippen LogP contribution in [-0.4, -0.2) is 98.2 Å². The first kappa shape index (κ1) is 27.2. The first-order valence-corrected chi connectivity index (χ1v) is 11.8. The second-order valence-corrected chi connectivity index (χ2v) is 9.44. The molecule has 1 aliphatic carbocycles. The number of fused-ring (bicyclic) bond motifs is 1. The Hall–Kier alpha value is -2.84. The van der Waals surface area contributed by atoms with Gasteiger partial charge in [0.2, 0.25) is 6.29 Å². The van der Waals surface area contributed by atoms with Gasteiger partial charge in [-0.1, -0.05) is 19.1 Å². The summed E-state index contributed by atoms with van der Waals surface area (Å²) in [5.74, 6) is -2.17. The third kappa shape index (κ3) is 5.27. The van der Waals surface area contributed by atoms with Gasteiger partial charge in [0.25, 0.3) is 0 Å². The van der Waals surface area contributed by atoms with Crippen molar-refractivity contribution < 1.29 is 59.2 Å². The maximum absolute atomic E-state index is 12.5. The quantitative estimate of drug-likeness (QED) is 0.145. The number of phenolic OH excluding ortho intramolecular Hbond substituents is 1. The highest BCUT2D eigenvalue weighted by Gasteiger charge is 2.61. The summed E-state index contributed by atoms with van der Waals surface area (Å²) in [6, 6.07) is 6.14. The van der Waals surface area contributed by atoms with Crippen LogP contribution < -0.4 is 0 Å². The number of aromatic hydroxyl groups is 1. The average Bonchev–Trinajstić information content (AvgIpc) is 3.14. The smallest absolute Gasteiger partial charge is 0.331 e. The topological polar surface area (TPSA) is 192 Å². The predicted octanol–water partition coefficient (Wildman–Crippen LogP) is -1.04. The van der Waals surface area contributed by atoms with Crippen molar-refractivity contribution in [2.75, 3.05) is 6.61 Å². The van der Waals surface area contributed by atoms with Gasteiger partial charge in [0.1, 0.15) is 41.9 Å². The Bertz CT molecular complexity index is 1040. The molecule has 2 fully saturated rings. The Morgan fingerprint density at radius 2 is 1.84 bits per heavy atom. The lowest BCUT2D eigenvalue weighted by molar-refractivity contribution is -0.346. The summed E-state index contributed by atoms with van der Waals surface area (Å²) in [5.41, 5.74) is -1.24. The van der Waals surface area contributed by atoms with Gasteiger partial charge in [-0.15, -0.1) is 0 Å². The van der Waals surface area contributed by atoms with Crippen molar-refractivity contribution in [1.82, 2.24) is 0 Å². The molecule has 4 rings (SSSR count). The lowest BCUT2D eigenvalue weighted by atomic mass is 9.79. The van der Waals surface area contributed by atoms with Crippen LogP contribution in [0.4, 0.5) is 0 Å². The summed E-state index contributed by atoms with van der Waals surface area (Å²) in [4.78, 5) is 24.2. The van der Waals surface area contributed by atoms with Crippen molar-refractivity contribution in [2.45, 2.75) is 62.0 Å². The molecule has 1 saturated heterocycles. The van der Waals surface area contributed by atoms with E-state index in [1.807, 2.05) is 0 Å².